The van der Waals surface area contributed by atoms with Gasteiger partial charge in [-0.05, 0) is 13.8 Å². The Bertz CT molecular complexity index is 466. The number of methoxy groups -OCH3 is 2. The molecular weight excluding hydrogens is 654 g/mol. The number of carbonyl (C=O) groups is 4. The van der Waals surface area contributed by atoms with E-state index in [0.717, 1.165) is 0 Å². The van der Waals surface area contributed by atoms with E-state index in [1.165, 1.54) is 28.1 Å². The Balaban J connectivity index is -0.0000000798. The Morgan fingerprint density at radius 2 is 0.865 bits per heavy atom. The van der Waals surface area contributed by atoms with Crippen molar-refractivity contribution in [1.29, 1.82) is 0 Å². The number of aliphatic hydroxyl groups is 2. The number of rotatable bonds is 10. The molecule has 0 bridgehead atoms. The summed E-state index contributed by atoms with van der Waals surface area (Å²) in [6.07, 6.45) is -4.84. The van der Waals surface area contributed by atoms with Crippen molar-refractivity contribution in [2.24, 2.45) is 0 Å². The fraction of sp³-hybridized carbons (Fsp3) is 0.810. The van der Waals surface area contributed by atoms with Crippen molar-refractivity contribution in [3.05, 3.63) is 0 Å². The SMILES string of the molecule is C.CC.CC.COC(=O)OCC(C)OC(=O)OCCO.COC(=O)OCC(C)OC(=O)OCCO.[Y].[Y]. The summed E-state index contributed by atoms with van der Waals surface area (Å²) >= 11 is 0. The van der Waals surface area contributed by atoms with Gasteiger partial charge in [0, 0.05) is 65.4 Å². The third kappa shape index (κ3) is 45.5. The summed E-state index contributed by atoms with van der Waals surface area (Å²) in [4.78, 5) is 42.6. The van der Waals surface area contributed by atoms with E-state index >= 15 is 0 Å². The second-order valence-electron chi connectivity index (χ2n) is 5.03. The van der Waals surface area contributed by atoms with Gasteiger partial charge in [0.1, 0.15) is 38.6 Å². The minimum atomic E-state index is -0.926. The molecule has 37 heavy (non-hydrogen) atoms. The van der Waals surface area contributed by atoms with E-state index in [1.807, 2.05) is 27.7 Å². The summed E-state index contributed by atoms with van der Waals surface area (Å²) < 4.78 is 35.5. The van der Waals surface area contributed by atoms with Crippen LogP contribution >= 0.6 is 0 Å². The molecule has 0 aliphatic rings. The molecular formula is C21H44O14Y2. The van der Waals surface area contributed by atoms with Gasteiger partial charge in [-0.25, -0.2) is 19.2 Å². The zero-order valence-electron chi connectivity index (χ0n) is 22.3. The standard InChI is InChI=1S/2C8H14O7.2C2H6.CH4.2Y/c2*1-6(5-14-7(10)12-2)15-8(11)13-4-3-9;2*1-2;;;/h2*6,9H,3-5H2,1-2H3;2*1-2H3;1H4;;. The molecule has 2 atom stereocenters. The first-order valence-electron chi connectivity index (χ1n) is 10.5. The van der Waals surface area contributed by atoms with Crippen molar-refractivity contribution in [2.45, 2.75) is 61.2 Å². The molecule has 2 radical (unpaired) electrons. The first-order valence-corrected chi connectivity index (χ1v) is 10.5. The molecule has 16 heteroatoms. The van der Waals surface area contributed by atoms with E-state index in [0.29, 0.717) is 0 Å². The van der Waals surface area contributed by atoms with Gasteiger partial charge in [0.15, 0.2) is 0 Å². The predicted molar refractivity (Wildman–Crippen MR) is 124 cm³/mol. The van der Waals surface area contributed by atoms with Gasteiger partial charge in [0.05, 0.1) is 27.4 Å². The molecule has 218 valence electrons. The maximum absolute atomic E-state index is 10.8. The molecule has 0 aliphatic carbocycles. The summed E-state index contributed by atoms with van der Waals surface area (Å²) in [5.74, 6) is 0. The Labute approximate surface area is 270 Å². The molecule has 0 aliphatic heterocycles. The Morgan fingerprint density at radius 3 is 1.08 bits per heavy atom. The van der Waals surface area contributed by atoms with Gasteiger partial charge in [-0.15, -0.1) is 0 Å². The largest absolute Gasteiger partial charge is 0.508 e. The van der Waals surface area contributed by atoms with Crippen LogP contribution in [0.25, 0.3) is 0 Å². The average molecular weight is 698 g/mol. The predicted octanol–water partition coefficient (Wildman–Crippen LogP) is 3.29. The molecule has 0 rings (SSSR count). The normalized spacial score (nSPS) is 9.57. The van der Waals surface area contributed by atoms with E-state index in [1.54, 1.807) is 0 Å². The number of hydrogen-bond acceptors (Lipinski definition) is 14. The maximum atomic E-state index is 10.8. The second-order valence-corrected chi connectivity index (χ2v) is 5.03. The van der Waals surface area contributed by atoms with Crippen LogP contribution < -0.4 is 0 Å². The van der Waals surface area contributed by atoms with Crippen LogP contribution in [0.15, 0.2) is 0 Å². The molecule has 2 N–H and O–H groups in total. The molecule has 14 nitrogen and oxygen atoms in total. The summed E-state index contributed by atoms with van der Waals surface area (Å²) in [7, 11) is 2.34. The van der Waals surface area contributed by atoms with Gasteiger partial charge < -0.3 is 48.1 Å². The summed E-state index contributed by atoms with van der Waals surface area (Å²) in [5.41, 5.74) is 0. The van der Waals surface area contributed by atoms with Crippen LogP contribution in [-0.2, 0) is 103 Å². The molecule has 0 aromatic rings. The first-order chi connectivity index (χ1) is 16.2. The van der Waals surface area contributed by atoms with E-state index in [2.05, 4.69) is 37.9 Å². The molecule has 2 unspecified atom stereocenters. The van der Waals surface area contributed by atoms with Crippen molar-refractivity contribution in [3.8, 4) is 0 Å². The smallest absolute Gasteiger partial charge is 0.438 e. The maximum Gasteiger partial charge on any atom is 0.508 e. The van der Waals surface area contributed by atoms with Gasteiger partial charge in [-0.1, -0.05) is 35.1 Å². The van der Waals surface area contributed by atoms with Crippen molar-refractivity contribution < 1.29 is 133 Å². The van der Waals surface area contributed by atoms with Gasteiger partial charge >= 0.3 is 24.6 Å². The molecule has 0 heterocycles. The number of ether oxygens (including phenoxy) is 8. The van der Waals surface area contributed by atoms with Crippen molar-refractivity contribution in [1.82, 2.24) is 0 Å². The van der Waals surface area contributed by atoms with Crippen LogP contribution in [0, 0.1) is 0 Å². The summed E-state index contributed by atoms with van der Waals surface area (Å²) in [5, 5.41) is 16.7. The van der Waals surface area contributed by atoms with E-state index in [-0.39, 0.29) is 112 Å². The van der Waals surface area contributed by atoms with Crippen molar-refractivity contribution >= 4 is 24.6 Å². The molecule has 0 spiro atoms. The van der Waals surface area contributed by atoms with Gasteiger partial charge in [-0.3, -0.25) is 0 Å². The average Bonchev–Trinajstić information content (AvgIpc) is 2.85. The monoisotopic (exact) mass is 698 g/mol. The Hall–Kier alpha value is -0.792. The quantitative estimate of drug-likeness (QED) is 0.250. The van der Waals surface area contributed by atoms with E-state index in [9.17, 15) is 19.2 Å². The second kappa shape index (κ2) is 42.3. The molecule has 0 aromatic carbocycles. The van der Waals surface area contributed by atoms with Crippen LogP contribution in [0.5, 0.6) is 0 Å². The van der Waals surface area contributed by atoms with Crippen LogP contribution in [-0.4, -0.2) is 101 Å². The molecule has 0 amide bonds. The fourth-order valence-corrected chi connectivity index (χ4v) is 1.21. The minimum Gasteiger partial charge on any atom is -0.438 e. The van der Waals surface area contributed by atoms with Crippen molar-refractivity contribution in [2.75, 3.05) is 53.9 Å². The zero-order chi connectivity index (χ0) is 27.4. The summed E-state index contributed by atoms with van der Waals surface area (Å²) in [6, 6.07) is 0. The third-order valence-electron chi connectivity index (χ3n) is 2.42. The van der Waals surface area contributed by atoms with Gasteiger partial charge in [0.25, 0.3) is 0 Å². The molecule has 0 saturated carbocycles. The number of hydrogen-bond donors (Lipinski definition) is 2. The fourth-order valence-electron chi connectivity index (χ4n) is 1.21. The molecule has 0 aromatic heterocycles. The summed E-state index contributed by atoms with van der Waals surface area (Å²) in [6.45, 7) is 9.96. The molecule has 0 saturated heterocycles. The van der Waals surface area contributed by atoms with Crippen LogP contribution in [0.4, 0.5) is 19.2 Å². The van der Waals surface area contributed by atoms with E-state index in [4.69, 9.17) is 10.2 Å². The first kappa shape index (κ1) is 52.6. The van der Waals surface area contributed by atoms with Crippen LogP contribution in [0.3, 0.4) is 0 Å². The van der Waals surface area contributed by atoms with E-state index < -0.39 is 36.8 Å². The van der Waals surface area contributed by atoms with Crippen molar-refractivity contribution in [3.63, 3.8) is 0 Å². The van der Waals surface area contributed by atoms with Crippen LogP contribution in [0.2, 0.25) is 0 Å². The number of aliphatic hydroxyl groups excluding tert-OH is 2. The van der Waals surface area contributed by atoms with Gasteiger partial charge in [-0.2, -0.15) is 0 Å². The Morgan fingerprint density at radius 1 is 0.595 bits per heavy atom. The molecule has 0 fully saturated rings. The third-order valence-corrected chi connectivity index (χ3v) is 2.42. The minimum absolute atomic E-state index is 0. The zero-order valence-corrected chi connectivity index (χ0v) is 28.0. The van der Waals surface area contributed by atoms with Crippen LogP contribution in [0.1, 0.15) is 49.0 Å². The Kier molecular flexibility index (Phi) is 60.2. The topological polar surface area (TPSA) is 183 Å². The number of carbonyl (C=O) groups excluding carboxylic acids is 4. The van der Waals surface area contributed by atoms with Gasteiger partial charge in [0.2, 0.25) is 0 Å².